The van der Waals surface area contributed by atoms with E-state index in [9.17, 15) is 9.90 Å². The van der Waals surface area contributed by atoms with Crippen molar-refractivity contribution >= 4 is 6.03 Å². The van der Waals surface area contributed by atoms with Crippen LogP contribution in [0.5, 0.6) is 5.75 Å². The maximum absolute atomic E-state index is 11.3. The van der Waals surface area contributed by atoms with E-state index in [1.807, 2.05) is 6.07 Å². The van der Waals surface area contributed by atoms with Crippen molar-refractivity contribution in [1.29, 1.82) is 0 Å². The predicted octanol–water partition coefficient (Wildman–Crippen LogP) is 1.99. The molecular weight excluding hydrogens is 204 g/mol. The summed E-state index contributed by atoms with van der Waals surface area (Å²) in [6.45, 7) is 3.20. The second-order valence-electron chi connectivity index (χ2n) is 3.63. The lowest BCUT2D eigenvalue weighted by Gasteiger charge is -2.07. The molecule has 0 aromatic heterocycles. The van der Waals surface area contributed by atoms with Gasteiger partial charge in [-0.25, -0.2) is 4.79 Å². The number of carbonyl (C=O) groups excluding carboxylic acids is 1. The normalized spacial score (nSPS) is 9.81. The van der Waals surface area contributed by atoms with Gasteiger partial charge in [0.1, 0.15) is 5.75 Å². The van der Waals surface area contributed by atoms with Crippen LogP contribution in [0, 0.1) is 0 Å². The van der Waals surface area contributed by atoms with Crippen LogP contribution in [-0.2, 0) is 6.54 Å². The quantitative estimate of drug-likeness (QED) is 0.667. The molecule has 0 aliphatic rings. The van der Waals surface area contributed by atoms with Crippen LogP contribution in [0.2, 0.25) is 0 Å². The summed E-state index contributed by atoms with van der Waals surface area (Å²) in [6.07, 6.45) is 2.05. The van der Waals surface area contributed by atoms with Gasteiger partial charge in [-0.05, 0) is 24.1 Å². The fourth-order valence-corrected chi connectivity index (χ4v) is 1.29. The molecule has 0 spiro atoms. The second kappa shape index (κ2) is 6.71. The number of benzene rings is 1. The Balaban J connectivity index is 2.26. The first-order valence-electron chi connectivity index (χ1n) is 5.52. The number of amides is 2. The highest BCUT2D eigenvalue weighted by atomic mass is 16.3. The minimum atomic E-state index is -0.170. The summed E-state index contributed by atoms with van der Waals surface area (Å²) in [5.74, 6) is 0.214. The minimum Gasteiger partial charge on any atom is -0.508 e. The van der Waals surface area contributed by atoms with E-state index in [-0.39, 0.29) is 11.8 Å². The standard InChI is InChI=1S/C12H18N2O2/c1-2-3-7-13-12(16)14-9-10-5-4-6-11(15)8-10/h4-6,8,15H,2-3,7,9H2,1H3,(H2,13,14,16). The third kappa shape index (κ3) is 4.68. The van der Waals surface area contributed by atoms with Crippen LogP contribution < -0.4 is 10.6 Å². The first kappa shape index (κ1) is 12.4. The molecular formula is C12H18N2O2. The zero-order valence-corrected chi connectivity index (χ0v) is 9.49. The molecule has 0 saturated heterocycles. The molecule has 88 valence electrons. The average Bonchev–Trinajstić information content (AvgIpc) is 2.27. The van der Waals surface area contributed by atoms with Gasteiger partial charge in [0.15, 0.2) is 0 Å². The number of hydrogen-bond acceptors (Lipinski definition) is 2. The number of nitrogens with one attached hydrogen (secondary N) is 2. The number of unbranched alkanes of at least 4 members (excludes halogenated alkanes) is 1. The van der Waals surface area contributed by atoms with E-state index >= 15 is 0 Å². The van der Waals surface area contributed by atoms with Gasteiger partial charge in [-0.15, -0.1) is 0 Å². The molecule has 4 nitrogen and oxygen atoms in total. The van der Waals surface area contributed by atoms with Crippen LogP contribution in [0.3, 0.4) is 0 Å². The van der Waals surface area contributed by atoms with Crippen molar-refractivity contribution in [3.8, 4) is 5.75 Å². The van der Waals surface area contributed by atoms with Gasteiger partial charge in [-0.1, -0.05) is 25.5 Å². The van der Waals surface area contributed by atoms with E-state index in [0.29, 0.717) is 13.1 Å². The zero-order valence-electron chi connectivity index (χ0n) is 9.49. The SMILES string of the molecule is CCCCNC(=O)NCc1cccc(O)c1. The summed E-state index contributed by atoms with van der Waals surface area (Å²) in [5, 5.41) is 14.7. The van der Waals surface area contributed by atoms with Gasteiger partial charge in [-0.2, -0.15) is 0 Å². The first-order valence-corrected chi connectivity index (χ1v) is 5.52. The van der Waals surface area contributed by atoms with Gasteiger partial charge in [0.25, 0.3) is 0 Å². The lowest BCUT2D eigenvalue weighted by Crippen LogP contribution is -2.35. The molecule has 1 aromatic carbocycles. The first-order chi connectivity index (χ1) is 7.72. The smallest absolute Gasteiger partial charge is 0.315 e. The fraction of sp³-hybridized carbons (Fsp3) is 0.417. The van der Waals surface area contributed by atoms with Crippen molar-refractivity contribution in [3.63, 3.8) is 0 Å². The molecule has 0 aliphatic carbocycles. The summed E-state index contributed by atoms with van der Waals surface area (Å²) in [6, 6.07) is 6.67. The Morgan fingerprint density at radius 3 is 2.88 bits per heavy atom. The topological polar surface area (TPSA) is 61.4 Å². The summed E-state index contributed by atoms with van der Waals surface area (Å²) in [5.41, 5.74) is 0.880. The van der Waals surface area contributed by atoms with Crippen LogP contribution in [0.4, 0.5) is 4.79 Å². The number of phenols is 1. The molecule has 0 aliphatic heterocycles. The summed E-state index contributed by atoms with van der Waals surface area (Å²) >= 11 is 0. The molecule has 0 heterocycles. The van der Waals surface area contributed by atoms with Gasteiger partial charge in [-0.3, -0.25) is 0 Å². The molecule has 4 heteroatoms. The van der Waals surface area contributed by atoms with Crippen LogP contribution in [-0.4, -0.2) is 17.7 Å². The Morgan fingerprint density at radius 2 is 2.19 bits per heavy atom. The second-order valence-corrected chi connectivity index (χ2v) is 3.63. The maximum atomic E-state index is 11.3. The number of aromatic hydroxyl groups is 1. The lowest BCUT2D eigenvalue weighted by atomic mass is 10.2. The van der Waals surface area contributed by atoms with Crippen LogP contribution in [0.15, 0.2) is 24.3 Å². The Bertz CT molecular complexity index is 340. The van der Waals surface area contributed by atoms with Crippen molar-refractivity contribution in [3.05, 3.63) is 29.8 Å². The highest BCUT2D eigenvalue weighted by Gasteiger charge is 1.99. The Morgan fingerprint density at radius 1 is 1.38 bits per heavy atom. The van der Waals surface area contributed by atoms with Gasteiger partial charge in [0.05, 0.1) is 0 Å². The van der Waals surface area contributed by atoms with Crippen molar-refractivity contribution in [2.24, 2.45) is 0 Å². The largest absolute Gasteiger partial charge is 0.508 e. The van der Waals surface area contributed by atoms with Gasteiger partial charge >= 0.3 is 6.03 Å². The Kier molecular flexibility index (Phi) is 5.19. The third-order valence-electron chi connectivity index (χ3n) is 2.18. The number of hydrogen-bond donors (Lipinski definition) is 3. The maximum Gasteiger partial charge on any atom is 0.315 e. The summed E-state index contributed by atoms with van der Waals surface area (Å²) in [4.78, 5) is 11.3. The summed E-state index contributed by atoms with van der Waals surface area (Å²) < 4.78 is 0. The van der Waals surface area contributed by atoms with E-state index in [1.165, 1.54) is 0 Å². The van der Waals surface area contributed by atoms with E-state index in [0.717, 1.165) is 18.4 Å². The zero-order chi connectivity index (χ0) is 11.8. The van der Waals surface area contributed by atoms with Gasteiger partial charge in [0.2, 0.25) is 0 Å². The molecule has 1 aromatic rings. The number of phenolic OH excluding ortho intramolecular Hbond substituents is 1. The molecule has 0 atom stereocenters. The molecule has 0 fully saturated rings. The van der Waals surface area contributed by atoms with E-state index in [4.69, 9.17) is 0 Å². The van der Waals surface area contributed by atoms with Crippen LogP contribution >= 0.6 is 0 Å². The fourth-order valence-electron chi connectivity index (χ4n) is 1.29. The molecule has 0 radical (unpaired) electrons. The van der Waals surface area contributed by atoms with Crippen molar-refractivity contribution < 1.29 is 9.90 Å². The molecule has 16 heavy (non-hydrogen) atoms. The van der Waals surface area contributed by atoms with E-state index < -0.39 is 0 Å². The Hall–Kier alpha value is -1.71. The Labute approximate surface area is 95.7 Å². The monoisotopic (exact) mass is 222 g/mol. The van der Waals surface area contributed by atoms with Crippen LogP contribution in [0.25, 0.3) is 0 Å². The number of carbonyl (C=O) groups is 1. The molecule has 1 rings (SSSR count). The highest BCUT2D eigenvalue weighted by molar-refractivity contribution is 5.73. The molecule has 0 bridgehead atoms. The van der Waals surface area contributed by atoms with E-state index in [1.54, 1.807) is 18.2 Å². The van der Waals surface area contributed by atoms with Gasteiger partial charge < -0.3 is 15.7 Å². The number of rotatable bonds is 5. The molecule has 0 unspecified atom stereocenters. The number of urea groups is 1. The minimum absolute atomic E-state index is 0.170. The highest BCUT2D eigenvalue weighted by Crippen LogP contribution is 2.10. The molecule has 3 N–H and O–H groups in total. The molecule has 2 amide bonds. The van der Waals surface area contributed by atoms with E-state index in [2.05, 4.69) is 17.6 Å². The molecule has 0 saturated carbocycles. The van der Waals surface area contributed by atoms with Crippen molar-refractivity contribution in [2.75, 3.05) is 6.54 Å². The van der Waals surface area contributed by atoms with Gasteiger partial charge in [0, 0.05) is 13.1 Å². The lowest BCUT2D eigenvalue weighted by molar-refractivity contribution is 0.240. The van der Waals surface area contributed by atoms with Crippen molar-refractivity contribution in [1.82, 2.24) is 10.6 Å². The average molecular weight is 222 g/mol. The van der Waals surface area contributed by atoms with Crippen molar-refractivity contribution in [2.45, 2.75) is 26.3 Å². The third-order valence-corrected chi connectivity index (χ3v) is 2.18. The van der Waals surface area contributed by atoms with Crippen LogP contribution in [0.1, 0.15) is 25.3 Å². The summed E-state index contributed by atoms with van der Waals surface area (Å²) in [7, 11) is 0. The predicted molar refractivity (Wildman–Crippen MR) is 63.3 cm³/mol.